The summed E-state index contributed by atoms with van der Waals surface area (Å²) in [6, 6.07) is 0. The van der Waals surface area contributed by atoms with E-state index in [4.69, 9.17) is 23.4 Å². The normalized spacial score (nSPS) is 20.2. The van der Waals surface area contributed by atoms with Gasteiger partial charge in [0.15, 0.2) is 0 Å². The molecule has 0 heterocycles. The van der Waals surface area contributed by atoms with E-state index in [2.05, 4.69) is 26.0 Å². The smallest absolute Gasteiger partial charge is 0.325 e. The molecule has 7 N–H and O–H groups in total. The van der Waals surface area contributed by atoms with E-state index >= 15 is 0 Å². The number of carbonyl (C=O) groups excluding carboxylic acids is 2. The minimum atomic E-state index is -3.89. The van der Waals surface area contributed by atoms with Gasteiger partial charge in [0.05, 0.1) is 0 Å². The number of hydrogen-bond acceptors (Lipinski definition) is 12. The number of hydrogen-bond donors (Lipinski definition) is 7. The predicted octanol–water partition coefficient (Wildman–Crippen LogP) is 13.8. The summed E-state index contributed by atoms with van der Waals surface area (Å²) < 4.78 is 28.8. The molecule has 0 saturated heterocycles. The summed E-state index contributed by atoms with van der Waals surface area (Å²) in [5.74, 6) is -0.661. The number of unbranched alkanes of at least 4 members (excludes halogenated alkanes) is 34. The number of carbonyl (C=O) groups is 2. The summed E-state index contributed by atoms with van der Waals surface area (Å²) in [7, 11) is -3.89. The van der Waals surface area contributed by atoms with Crippen molar-refractivity contribution in [3.63, 3.8) is 0 Å². The Labute approximate surface area is 449 Å². The standard InChI is InChI=1S/C58H111O13PS/c1-3-5-7-9-11-13-15-19-24-28-32-36-40-44-51(59)69-48-49(70-52(60)45-41-37-33-29-25-20-16-14-12-10-8-6-4-2)47-50(73-71-58-56(64)54(62)53(61)55(63)57(58)65)43-39-35-31-27-23-21-17-18-22-26-30-34-38-42-46-72(66,67)68/h17,21,49-50,53-58,61-65H,3-16,18-20,22-48H2,1-2H3,(H2,66,67,68)/b21-17-/t49?,50?,53-,54-,55+,56-,57-,58-/m0/s1. The topological polar surface area (TPSA) is 221 Å². The predicted molar refractivity (Wildman–Crippen MR) is 298 cm³/mol. The molecule has 1 aliphatic rings. The summed E-state index contributed by atoms with van der Waals surface area (Å²) in [6.07, 6.45) is 38.1. The van der Waals surface area contributed by atoms with Crippen LogP contribution in [0.4, 0.5) is 0 Å². The fraction of sp³-hybridized carbons (Fsp3) is 0.931. The van der Waals surface area contributed by atoms with E-state index in [9.17, 15) is 39.7 Å². The number of esters is 2. The van der Waals surface area contributed by atoms with Crippen LogP contribution in [0.5, 0.6) is 0 Å². The lowest BCUT2D eigenvalue weighted by atomic mass is 9.85. The van der Waals surface area contributed by atoms with Gasteiger partial charge < -0.3 is 49.0 Å². The molecule has 1 aliphatic carbocycles. The van der Waals surface area contributed by atoms with Gasteiger partial charge in [-0.25, -0.2) is 0 Å². The maximum absolute atomic E-state index is 13.3. The molecule has 0 aliphatic heterocycles. The van der Waals surface area contributed by atoms with Crippen LogP contribution < -0.4 is 0 Å². The van der Waals surface area contributed by atoms with E-state index in [0.29, 0.717) is 19.3 Å². The molecule has 8 atom stereocenters. The maximum Gasteiger partial charge on any atom is 0.325 e. The van der Waals surface area contributed by atoms with Crippen LogP contribution in [0.1, 0.15) is 284 Å². The van der Waals surface area contributed by atoms with Crippen LogP contribution in [0.15, 0.2) is 12.2 Å². The van der Waals surface area contributed by atoms with Crippen molar-refractivity contribution in [3.05, 3.63) is 12.2 Å². The fourth-order valence-corrected chi connectivity index (χ4v) is 11.4. The van der Waals surface area contributed by atoms with Crippen molar-refractivity contribution in [3.8, 4) is 0 Å². The third-order valence-electron chi connectivity index (χ3n) is 14.5. The molecule has 0 radical (unpaired) electrons. The molecule has 0 bridgehead atoms. The highest BCUT2D eigenvalue weighted by Gasteiger charge is 2.49. The van der Waals surface area contributed by atoms with Gasteiger partial charge in [0, 0.05) is 30.7 Å². The number of aliphatic hydroxyl groups is 5. The molecule has 432 valence electrons. The van der Waals surface area contributed by atoms with Crippen LogP contribution in [0.2, 0.25) is 0 Å². The summed E-state index contributed by atoms with van der Waals surface area (Å²) in [5.41, 5.74) is 0. The van der Waals surface area contributed by atoms with E-state index in [-0.39, 0.29) is 42.8 Å². The van der Waals surface area contributed by atoms with Gasteiger partial charge >= 0.3 is 19.5 Å². The minimum Gasteiger partial charge on any atom is -0.462 e. The second-order valence-corrected chi connectivity index (χ2v) is 24.3. The molecule has 15 heteroatoms. The van der Waals surface area contributed by atoms with Crippen molar-refractivity contribution >= 4 is 31.6 Å². The van der Waals surface area contributed by atoms with Gasteiger partial charge in [-0.1, -0.05) is 225 Å². The Morgan fingerprint density at radius 2 is 0.836 bits per heavy atom. The van der Waals surface area contributed by atoms with Crippen LogP contribution in [0.3, 0.4) is 0 Å². The molecular weight excluding hydrogens is 968 g/mol. The molecule has 73 heavy (non-hydrogen) atoms. The Kier molecular flexibility index (Phi) is 46.1. The molecule has 13 nitrogen and oxygen atoms in total. The van der Waals surface area contributed by atoms with Gasteiger partial charge in [0.1, 0.15) is 49.3 Å². The molecule has 0 aromatic carbocycles. The zero-order valence-electron chi connectivity index (χ0n) is 46.3. The van der Waals surface area contributed by atoms with Crippen LogP contribution in [-0.2, 0) is 27.8 Å². The summed E-state index contributed by atoms with van der Waals surface area (Å²) in [5, 5.41) is 52.1. The molecular formula is C58H111O13PS. The lowest BCUT2D eigenvalue weighted by Crippen LogP contribution is -2.63. The summed E-state index contributed by atoms with van der Waals surface area (Å²) >= 11 is 0.989. The fourth-order valence-electron chi connectivity index (χ4n) is 9.69. The van der Waals surface area contributed by atoms with Crippen LogP contribution in [-0.4, -0.2) is 108 Å². The highest BCUT2D eigenvalue weighted by atomic mass is 32.2. The third-order valence-corrected chi connectivity index (χ3v) is 16.4. The highest BCUT2D eigenvalue weighted by Crippen LogP contribution is 2.36. The van der Waals surface area contributed by atoms with Gasteiger partial charge in [-0.3, -0.25) is 14.2 Å². The van der Waals surface area contributed by atoms with Gasteiger partial charge in [0.25, 0.3) is 0 Å². The first-order chi connectivity index (χ1) is 35.3. The first-order valence-electron chi connectivity index (χ1n) is 30.1. The number of aliphatic hydroxyl groups excluding tert-OH is 5. The number of ether oxygens (including phenoxy) is 2. The average molecular weight is 1080 g/mol. The monoisotopic (exact) mass is 1080 g/mol. The van der Waals surface area contributed by atoms with Crippen molar-refractivity contribution in [1.82, 2.24) is 0 Å². The van der Waals surface area contributed by atoms with Gasteiger partial charge in [0.2, 0.25) is 0 Å². The maximum atomic E-state index is 13.3. The van der Waals surface area contributed by atoms with Gasteiger partial charge in [-0.15, -0.1) is 0 Å². The molecule has 0 aromatic heterocycles. The molecule has 1 saturated carbocycles. The Morgan fingerprint density at radius 1 is 0.479 bits per heavy atom. The van der Waals surface area contributed by atoms with Crippen molar-refractivity contribution in [2.75, 3.05) is 12.8 Å². The van der Waals surface area contributed by atoms with E-state index in [1.165, 1.54) is 122 Å². The lowest BCUT2D eigenvalue weighted by molar-refractivity contribution is -0.214. The second kappa shape index (κ2) is 48.1. The Balaban J connectivity index is 2.77. The van der Waals surface area contributed by atoms with Gasteiger partial charge in [-0.2, -0.15) is 0 Å². The first kappa shape index (κ1) is 70.0. The van der Waals surface area contributed by atoms with E-state index in [1.54, 1.807) is 0 Å². The highest BCUT2D eigenvalue weighted by molar-refractivity contribution is 7.95. The largest absolute Gasteiger partial charge is 0.462 e. The minimum absolute atomic E-state index is 0.0282. The quantitative estimate of drug-likeness (QED) is 0.00991. The molecule has 0 amide bonds. The zero-order valence-corrected chi connectivity index (χ0v) is 48.0. The number of allylic oxidation sites excluding steroid dienone is 2. The molecule has 2 unspecified atom stereocenters. The number of rotatable bonds is 52. The Hall–Kier alpha value is -1.06. The van der Waals surface area contributed by atoms with Gasteiger partial charge in [-0.05, 0) is 63.4 Å². The van der Waals surface area contributed by atoms with E-state index in [1.807, 2.05) is 0 Å². The van der Waals surface area contributed by atoms with Crippen LogP contribution in [0, 0.1) is 0 Å². The zero-order chi connectivity index (χ0) is 53.6. The SMILES string of the molecule is CCCCCCCCCCCCCCCC(=O)OCC(CC(CCCCCC/C=C\CCCCCCCCP(=O)(O)O)SO[C@@H]1[C@@H](O)[C@H](O)[C@@H](O)[C@H](O)[C@@H]1O)OC(=O)CCCCCCCCCCCCCCC. The van der Waals surface area contributed by atoms with Crippen molar-refractivity contribution < 1.29 is 63.1 Å². The van der Waals surface area contributed by atoms with Crippen LogP contribution >= 0.6 is 19.6 Å². The Bertz CT molecular complexity index is 1340. The average Bonchev–Trinajstić information content (AvgIpc) is 3.36. The van der Waals surface area contributed by atoms with Crippen molar-refractivity contribution in [1.29, 1.82) is 0 Å². The lowest BCUT2D eigenvalue weighted by Gasteiger charge is -2.41. The van der Waals surface area contributed by atoms with Crippen molar-refractivity contribution in [2.45, 2.75) is 331 Å². The van der Waals surface area contributed by atoms with E-state index in [0.717, 1.165) is 128 Å². The van der Waals surface area contributed by atoms with Crippen LogP contribution in [0.25, 0.3) is 0 Å². The summed E-state index contributed by atoms with van der Waals surface area (Å²) in [4.78, 5) is 44.4. The third kappa shape index (κ3) is 40.8. The second-order valence-electron chi connectivity index (χ2n) is 21.5. The Morgan fingerprint density at radius 3 is 1.26 bits per heavy atom. The molecule has 0 aromatic rings. The van der Waals surface area contributed by atoms with E-state index < -0.39 is 50.3 Å². The van der Waals surface area contributed by atoms with Crippen molar-refractivity contribution in [2.24, 2.45) is 0 Å². The summed E-state index contributed by atoms with van der Waals surface area (Å²) in [6.45, 7) is 4.40. The molecule has 1 rings (SSSR count). The first-order valence-corrected chi connectivity index (χ1v) is 32.7. The molecule has 1 fully saturated rings. The molecule has 0 spiro atoms.